The second-order valence-corrected chi connectivity index (χ2v) is 8.46. The molecule has 0 amide bonds. The zero-order valence-electron chi connectivity index (χ0n) is 19.5. The Kier molecular flexibility index (Phi) is 7.88. The van der Waals surface area contributed by atoms with Gasteiger partial charge < -0.3 is 14.2 Å². The van der Waals surface area contributed by atoms with Crippen LogP contribution in [0.3, 0.4) is 0 Å². The van der Waals surface area contributed by atoms with Crippen LogP contribution >= 0.6 is 0 Å². The van der Waals surface area contributed by atoms with E-state index in [0.29, 0.717) is 30.8 Å². The predicted molar refractivity (Wildman–Crippen MR) is 126 cm³/mol. The van der Waals surface area contributed by atoms with Gasteiger partial charge in [0.05, 0.1) is 19.8 Å². The van der Waals surface area contributed by atoms with Crippen LogP contribution in [0.1, 0.15) is 32.1 Å². The van der Waals surface area contributed by atoms with Crippen molar-refractivity contribution in [2.45, 2.75) is 26.6 Å². The topological polar surface area (TPSA) is 27.7 Å². The first-order chi connectivity index (χ1) is 16.9. The molecular weight excluding hydrogens is 460 g/mol. The van der Waals surface area contributed by atoms with E-state index in [4.69, 9.17) is 14.2 Å². The van der Waals surface area contributed by atoms with Crippen LogP contribution in [0.5, 0.6) is 5.75 Å². The van der Waals surface area contributed by atoms with Crippen molar-refractivity contribution in [1.29, 1.82) is 0 Å². The average Bonchev–Trinajstić information content (AvgIpc) is 2.87. The summed E-state index contributed by atoms with van der Waals surface area (Å²) in [7, 11) is 0. The van der Waals surface area contributed by atoms with Crippen molar-refractivity contribution in [3.63, 3.8) is 0 Å². The molecule has 0 unspecified atom stereocenters. The zero-order valence-corrected chi connectivity index (χ0v) is 19.5. The molecule has 0 saturated carbocycles. The maximum atomic E-state index is 14.9. The Labute approximate surface area is 202 Å². The van der Waals surface area contributed by atoms with Crippen LogP contribution in [0, 0.1) is 29.2 Å². The van der Waals surface area contributed by atoms with E-state index in [1.54, 1.807) is 0 Å². The van der Waals surface area contributed by atoms with Gasteiger partial charge in [-0.1, -0.05) is 55.5 Å². The maximum absolute atomic E-state index is 14.9. The number of hydrogen-bond acceptors (Lipinski definition) is 3. The monoisotopic (exact) mass is 486 g/mol. The molecule has 3 aromatic carbocycles. The lowest BCUT2D eigenvalue weighted by Gasteiger charge is -2.28. The Morgan fingerprint density at radius 3 is 1.97 bits per heavy atom. The van der Waals surface area contributed by atoms with Gasteiger partial charge in [-0.2, -0.15) is 4.39 Å². The second-order valence-electron chi connectivity index (χ2n) is 8.46. The molecule has 0 bridgehead atoms. The summed E-state index contributed by atoms with van der Waals surface area (Å²) in [5, 5.41) is 0. The molecule has 3 nitrogen and oxygen atoms in total. The Bertz CT molecular complexity index is 1200. The number of rotatable bonds is 7. The molecular formula is C28H26F4O3. The fraction of sp³-hybridized carbons (Fsp3) is 0.286. The normalized spacial score (nSPS) is 18.2. The van der Waals surface area contributed by atoms with Crippen LogP contribution in [0.2, 0.25) is 0 Å². The summed E-state index contributed by atoms with van der Waals surface area (Å²) in [4.78, 5) is 0. The molecule has 1 aliphatic heterocycles. The van der Waals surface area contributed by atoms with Crippen LogP contribution in [-0.4, -0.2) is 19.8 Å². The number of benzene rings is 3. The van der Waals surface area contributed by atoms with Crippen molar-refractivity contribution in [1.82, 2.24) is 0 Å². The highest BCUT2D eigenvalue weighted by Crippen LogP contribution is 2.35. The van der Waals surface area contributed by atoms with Crippen molar-refractivity contribution >= 4 is 0 Å². The predicted octanol–water partition coefficient (Wildman–Crippen LogP) is 7.60. The fourth-order valence-corrected chi connectivity index (χ4v) is 3.85. The van der Waals surface area contributed by atoms with Gasteiger partial charge in [-0.15, -0.1) is 0 Å². The first kappa shape index (κ1) is 24.9. The molecule has 0 spiro atoms. The molecule has 0 radical (unpaired) electrons. The molecule has 0 aliphatic carbocycles. The number of hydrogen-bond donors (Lipinski definition) is 0. The molecule has 4 rings (SSSR count). The molecule has 35 heavy (non-hydrogen) atoms. The highest BCUT2D eigenvalue weighted by Gasteiger charge is 2.26. The van der Waals surface area contributed by atoms with E-state index in [2.05, 4.69) is 0 Å². The van der Waals surface area contributed by atoms with Gasteiger partial charge in [0.2, 0.25) is 5.82 Å². The summed E-state index contributed by atoms with van der Waals surface area (Å²) in [5.41, 5.74) is 0.860. The highest BCUT2D eigenvalue weighted by molar-refractivity contribution is 5.71. The lowest BCUT2D eigenvalue weighted by Crippen LogP contribution is -2.25. The average molecular weight is 487 g/mol. The van der Waals surface area contributed by atoms with Gasteiger partial charge in [0.25, 0.3) is 0 Å². The van der Waals surface area contributed by atoms with Gasteiger partial charge in [0.1, 0.15) is 0 Å². The number of halogens is 4. The van der Waals surface area contributed by atoms with Gasteiger partial charge in [0, 0.05) is 22.6 Å². The van der Waals surface area contributed by atoms with Gasteiger partial charge in [-0.05, 0) is 36.6 Å². The van der Waals surface area contributed by atoms with Crippen LogP contribution < -0.4 is 4.74 Å². The Hall–Kier alpha value is -3.16. The van der Waals surface area contributed by atoms with Crippen molar-refractivity contribution in [2.24, 2.45) is 5.92 Å². The molecule has 0 N–H and O–H groups in total. The van der Waals surface area contributed by atoms with E-state index < -0.39 is 29.6 Å². The largest absolute Gasteiger partial charge is 0.490 e. The quantitative estimate of drug-likeness (QED) is 0.196. The van der Waals surface area contributed by atoms with Crippen molar-refractivity contribution in [3.8, 4) is 28.0 Å². The third-order valence-corrected chi connectivity index (χ3v) is 5.76. The number of ether oxygens (including phenoxy) is 3. The maximum Gasteiger partial charge on any atom is 0.201 e. The van der Waals surface area contributed by atoms with Crippen LogP contribution in [0.25, 0.3) is 22.3 Å². The van der Waals surface area contributed by atoms with E-state index >= 15 is 0 Å². The van der Waals surface area contributed by atoms with E-state index in [9.17, 15) is 17.6 Å². The van der Waals surface area contributed by atoms with Crippen LogP contribution in [0.15, 0.2) is 60.7 Å². The highest BCUT2D eigenvalue weighted by atomic mass is 19.2. The molecule has 3 aromatic rings. The lowest BCUT2D eigenvalue weighted by atomic mass is 9.98. The molecule has 7 heteroatoms. The van der Waals surface area contributed by atoms with Crippen molar-refractivity contribution in [3.05, 3.63) is 89.5 Å². The van der Waals surface area contributed by atoms with E-state index in [0.717, 1.165) is 0 Å². The summed E-state index contributed by atoms with van der Waals surface area (Å²) in [5.74, 6) is -4.16. The van der Waals surface area contributed by atoms with Gasteiger partial charge in [0.15, 0.2) is 29.5 Å². The molecule has 1 saturated heterocycles. The molecule has 184 valence electrons. The van der Waals surface area contributed by atoms with Crippen molar-refractivity contribution in [2.75, 3.05) is 19.8 Å². The smallest absolute Gasteiger partial charge is 0.201 e. The van der Waals surface area contributed by atoms with Gasteiger partial charge in [-0.25, -0.2) is 13.2 Å². The molecule has 1 heterocycles. The fourth-order valence-electron chi connectivity index (χ4n) is 3.85. The third kappa shape index (κ3) is 5.41. The summed E-state index contributed by atoms with van der Waals surface area (Å²) >= 11 is 0. The van der Waals surface area contributed by atoms with Crippen molar-refractivity contribution < 1.29 is 31.8 Å². The Morgan fingerprint density at radius 2 is 1.37 bits per heavy atom. The second kappa shape index (κ2) is 11.1. The van der Waals surface area contributed by atoms with Crippen LogP contribution in [0.4, 0.5) is 17.6 Å². The molecule has 1 aliphatic rings. The molecule has 1 fully saturated rings. The summed E-state index contributed by atoms with van der Waals surface area (Å²) in [6.45, 7) is 4.83. The third-order valence-electron chi connectivity index (χ3n) is 5.76. The Balaban J connectivity index is 1.54. The summed E-state index contributed by atoms with van der Waals surface area (Å²) < 4.78 is 75.2. The number of allylic oxidation sites excluding steroid dienone is 1. The van der Waals surface area contributed by atoms with E-state index in [-0.39, 0.29) is 35.0 Å². The minimum Gasteiger partial charge on any atom is -0.490 e. The Morgan fingerprint density at radius 1 is 0.800 bits per heavy atom. The lowest BCUT2D eigenvalue weighted by molar-refractivity contribution is -0.203. The molecule has 0 aromatic heterocycles. The zero-order chi connectivity index (χ0) is 24.9. The van der Waals surface area contributed by atoms with E-state index in [1.807, 2.05) is 26.0 Å². The summed E-state index contributed by atoms with van der Waals surface area (Å²) in [6, 6.07) is 11.8. The first-order valence-corrected chi connectivity index (χ1v) is 11.4. The van der Waals surface area contributed by atoms with Gasteiger partial charge in [-0.3, -0.25) is 0 Å². The van der Waals surface area contributed by atoms with Crippen LogP contribution in [-0.2, 0) is 9.47 Å². The molecule has 0 atom stereocenters. The van der Waals surface area contributed by atoms with E-state index in [1.165, 1.54) is 48.5 Å². The SMILES string of the molecule is C/C=C\CCOc1ccc(-c2ccc(-c3ccc(C4OCC(C)CO4)c(F)c3F)cc2)c(F)c1F. The summed E-state index contributed by atoms with van der Waals surface area (Å²) in [6.07, 6.45) is 3.34. The minimum atomic E-state index is -1.07. The standard InChI is InChI=1S/C28H26F4O3/c1-3-4-5-14-33-23-13-12-21(25(30)27(23)32)19-8-6-18(7-9-19)20-10-11-22(26(31)24(20)29)28-34-15-17(2)16-35-28/h3-4,6-13,17,28H,5,14-16H2,1-2H3/b4-3-. The first-order valence-electron chi connectivity index (χ1n) is 11.4. The minimum absolute atomic E-state index is 0.000316. The van der Waals surface area contributed by atoms with Gasteiger partial charge >= 0.3 is 0 Å².